The van der Waals surface area contributed by atoms with Crippen molar-refractivity contribution >= 4 is 92.1 Å². The zero-order chi connectivity index (χ0) is 30.9. The van der Waals surface area contributed by atoms with E-state index in [-0.39, 0.29) is 0 Å². The van der Waals surface area contributed by atoms with Crippen molar-refractivity contribution in [1.82, 2.24) is 0 Å². The molecule has 8 aromatic carbocycles. The number of benzene rings is 8. The SMILES string of the molecule is c1ccc(N(c2ccc(-c3ccc4ccccc4c3)cc2)c2cccc3sc4ccc5c(oc6ccc7ccccc7c65)c4c23)cc1. The van der Waals surface area contributed by atoms with Gasteiger partial charge in [0.2, 0.25) is 0 Å². The molecule has 0 aliphatic rings. The van der Waals surface area contributed by atoms with Gasteiger partial charge in [-0.25, -0.2) is 0 Å². The van der Waals surface area contributed by atoms with E-state index >= 15 is 0 Å². The Bertz CT molecular complexity index is 2790. The first-order valence-corrected chi connectivity index (χ1v) is 16.7. The molecular weight excluding hydrogens is 591 g/mol. The predicted octanol–water partition coefficient (Wildman–Crippen LogP) is 13.4. The van der Waals surface area contributed by atoms with Crippen LogP contribution in [0, 0.1) is 0 Å². The largest absolute Gasteiger partial charge is 0.455 e. The topological polar surface area (TPSA) is 16.4 Å². The van der Waals surface area contributed by atoms with E-state index < -0.39 is 0 Å². The molecule has 3 heteroatoms. The molecule has 10 rings (SSSR count). The van der Waals surface area contributed by atoms with Gasteiger partial charge in [-0.3, -0.25) is 0 Å². The number of para-hydroxylation sites is 1. The summed E-state index contributed by atoms with van der Waals surface area (Å²) in [6.07, 6.45) is 0. The fraction of sp³-hybridized carbons (Fsp3) is 0. The molecule has 0 fully saturated rings. The van der Waals surface area contributed by atoms with Gasteiger partial charge in [0, 0.05) is 42.3 Å². The molecule has 2 nitrogen and oxygen atoms in total. The van der Waals surface area contributed by atoms with Crippen LogP contribution in [0.15, 0.2) is 168 Å². The molecule has 0 N–H and O–H groups in total. The third-order valence-electron chi connectivity index (χ3n) is 9.43. The lowest BCUT2D eigenvalue weighted by Crippen LogP contribution is -2.10. The molecule has 220 valence electrons. The van der Waals surface area contributed by atoms with Crippen LogP contribution >= 0.6 is 11.3 Å². The lowest BCUT2D eigenvalue weighted by atomic mass is 10.0. The fourth-order valence-corrected chi connectivity index (χ4v) is 8.38. The van der Waals surface area contributed by atoms with E-state index in [2.05, 4.69) is 169 Å². The molecule has 0 amide bonds. The fourth-order valence-electron chi connectivity index (χ4n) is 7.25. The van der Waals surface area contributed by atoms with Crippen molar-refractivity contribution in [2.75, 3.05) is 4.90 Å². The monoisotopic (exact) mass is 617 g/mol. The van der Waals surface area contributed by atoms with Gasteiger partial charge >= 0.3 is 0 Å². The highest BCUT2D eigenvalue weighted by Crippen LogP contribution is 2.48. The Kier molecular flexibility index (Phi) is 5.78. The van der Waals surface area contributed by atoms with Crippen molar-refractivity contribution in [3.63, 3.8) is 0 Å². The molecule has 0 spiro atoms. The van der Waals surface area contributed by atoms with E-state index in [1.54, 1.807) is 0 Å². The minimum atomic E-state index is 0.923. The number of furan rings is 1. The zero-order valence-corrected chi connectivity index (χ0v) is 26.2. The Morgan fingerprint density at radius 2 is 1.13 bits per heavy atom. The summed E-state index contributed by atoms with van der Waals surface area (Å²) < 4.78 is 9.23. The van der Waals surface area contributed by atoms with Crippen LogP contribution in [0.4, 0.5) is 17.1 Å². The van der Waals surface area contributed by atoms with E-state index in [9.17, 15) is 0 Å². The molecule has 0 aliphatic carbocycles. The summed E-state index contributed by atoms with van der Waals surface area (Å²) in [5, 5.41) is 9.68. The Hall–Kier alpha value is -5.90. The Morgan fingerprint density at radius 3 is 2.00 bits per heavy atom. The Balaban J connectivity index is 1.20. The Labute approximate surface area is 275 Å². The van der Waals surface area contributed by atoms with E-state index in [4.69, 9.17) is 4.42 Å². The summed E-state index contributed by atoms with van der Waals surface area (Å²) in [6.45, 7) is 0. The maximum absolute atomic E-state index is 6.77. The standard InChI is InChI=1S/C44H27NOS/c1-2-12-33(13-3-1)45(34-22-19-29(20-23-34)32-18-17-28-9-4-5-11-31(28)27-32)37-15-8-16-39-42(37)43-40(47-39)26-24-36-41-35-14-7-6-10-30(35)21-25-38(41)46-44(36)43/h1-27H. The second-order valence-electron chi connectivity index (χ2n) is 12.1. The molecule has 0 saturated carbocycles. The van der Waals surface area contributed by atoms with E-state index in [1.165, 1.54) is 58.2 Å². The number of hydrogen-bond donors (Lipinski definition) is 0. The molecule has 0 unspecified atom stereocenters. The highest BCUT2D eigenvalue weighted by atomic mass is 32.1. The van der Waals surface area contributed by atoms with Gasteiger partial charge in [0.25, 0.3) is 0 Å². The number of fused-ring (bicyclic) bond motifs is 10. The second-order valence-corrected chi connectivity index (χ2v) is 13.2. The van der Waals surface area contributed by atoms with Gasteiger partial charge in [0.05, 0.1) is 5.69 Å². The first-order valence-electron chi connectivity index (χ1n) is 15.9. The van der Waals surface area contributed by atoms with E-state index in [0.29, 0.717) is 0 Å². The van der Waals surface area contributed by atoms with E-state index in [1.807, 2.05) is 11.3 Å². The Morgan fingerprint density at radius 1 is 0.426 bits per heavy atom. The van der Waals surface area contributed by atoms with Gasteiger partial charge in [-0.05, 0) is 93.3 Å². The number of nitrogens with zero attached hydrogens (tertiary/aromatic N) is 1. The molecule has 2 aromatic heterocycles. The third kappa shape index (κ3) is 4.10. The van der Waals surface area contributed by atoms with Crippen LogP contribution in [0.2, 0.25) is 0 Å². The molecule has 0 saturated heterocycles. The minimum absolute atomic E-state index is 0.923. The smallest absolute Gasteiger partial charge is 0.144 e. The number of anilines is 3. The highest BCUT2D eigenvalue weighted by Gasteiger charge is 2.22. The summed E-state index contributed by atoms with van der Waals surface area (Å²) in [5.74, 6) is 0. The minimum Gasteiger partial charge on any atom is -0.455 e. The molecule has 10 aromatic rings. The van der Waals surface area contributed by atoms with Crippen LogP contribution in [0.3, 0.4) is 0 Å². The van der Waals surface area contributed by atoms with Crippen molar-refractivity contribution < 1.29 is 4.42 Å². The third-order valence-corrected chi connectivity index (χ3v) is 10.5. The van der Waals surface area contributed by atoms with Crippen LogP contribution in [0.25, 0.3) is 74.8 Å². The first kappa shape index (κ1) is 26.3. The van der Waals surface area contributed by atoms with E-state index in [0.717, 1.165) is 33.6 Å². The molecule has 47 heavy (non-hydrogen) atoms. The number of thiophene rings is 1. The lowest BCUT2D eigenvalue weighted by molar-refractivity contribution is 0.673. The van der Waals surface area contributed by atoms with Gasteiger partial charge < -0.3 is 9.32 Å². The van der Waals surface area contributed by atoms with Crippen molar-refractivity contribution in [2.24, 2.45) is 0 Å². The van der Waals surface area contributed by atoms with Crippen molar-refractivity contribution in [3.8, 4) is 11.1 Å². The maximum Gasteiger partial charge on any atom is 0.144 e. The second kappa shape index (κ2) is 10.3. The van der Waals surface area contributed by atoms with Crippen molar-refractivity contribution in [2.45, 2.75) is 0 Å². The van der Waals surface area contributed by atoms with Crippen LogP contribution in [-0.2, 0) is 0 Å². The summed E-state index contributed by atoms with van der Waals surface area (Å²) in [4.78, 5) is 2.38. The van der Waals surface area contributed by atoms with Gasteiger partial charge in [-0.15, -0.1) is 11.3 Å². The molecular formula is C44H27NOS. The van der Waals surface area contributed by atoms with Gasteiger partial charge in [0.15, 0.2) is 0 Å². The highest BCUT2D eigenvalue weighted by molar-refractivity contribution is 7.26. The molecule has 0 bridgehead atoms. The average molecular weight is 618 g/mol. The molecule has 0 atom stereocenters. The quantitative estimate of drug-likeness (QED) is 0.195. The number of hydrogen-bond acceptors (Lipinski definition) is 3. The summed E-state index contributed by atoms with van der Waals surface area (Å²) >= 11 is 1.83. The zero-order valence-electron chi connectivity index (χ0n) is 25.4. The maximum atomic E-state index is 6.77. The van der Waals surface area contributed by atoms with Gasteiger partial charge in [0.1, 0.15) is 11.2 Å². The molecule has 0 aliphatic heterocycles. The van der Waals surface area contributed by atoms with Crippen LogP contribution in [-0.4, -0.2) is 0 Å². The van der Waals surface area contributed by atoms with Gasteiger partial charge in [-0.1, -0.05) is 103 Å². The average Bonchev–Trinajstić information content (AvgIpc) is 3.71. The summed E-state index contributed by atoms with van der Waals surface area (Å²) in [5.41, 5.74) is 7.64. The lowest BCUT2D eigenvalue weighted by Gasteiger charge is -2.26. The van der Waals surface area contributed by atoms with Crippen molar-refractivity contribution in [3.05, 3.63) is 164 Å². The predicted molar refractivity (Wildman–Crippen MR) is 202 cm³/mol. The molecule has 0 radical (unpaired) electrons. The normalized spacial score (nSPS) is 11.8. The molecule has 2 heterocycles. The van der Waals surface area contributed by atoms with Crippen LogP contribution < -0.4 is 4.90 Å². The summed E-state index contributed by atoms with van der Waals surface area (Å²) in [7, 11) is 0. The summed E-state index contributed by atoms with van der Waals surface area (Å²) in [6, 6.07) is 58.9. The van der Waals surface area contributed by atoms with Crippen LogP contribution in [0.1, 0.15) is 0 Å². The van der Waals surface area contributed by atoms with Crippen molar-refractivity contribution in [1.29, 1.82) is 0 Å². The van der Waals surface area contributed by atoms with Crippen LogP contribution in [0.5, 0.6) is 0 Å². The number of rotatable bonds is 4. The first-order chi connectivity index (χ1) is 23.3. The van der Waals surface area contributed by atoms with Gasteiger partial charge in [-0.2, -0.15) is 0 Å².